The fourth-order valence-corrected chi connectivity index (χ4v) is 2.04. The van der Waals surface area contributed by atoms with Crippen LogP contribution in [0.5, 0.6) is 0 Å². The molecule has 0 fully saturated rings. The van der Waals surface area contributed by atoms with Crippen LogP contribution in [0.25, 0.3) is 0 Å². The highest BCUT2D eigenvalue weighted by molar-refractivity contribution is 7.99. The number of hydrogen-bond acceptors (Lipinski definition) is 4. The molecule has 90 valence electrons. The molecule has 0 bridgehead atoms. The van der Waals surface area contributed by atoms with E-state index in [0.29, 0.717) is 18.1 Å². The molecule has 5 heteroatoms. The lowest BCUT2D eigenvalue weighted by Gasteiger charge is -2.02. The summed E-state index contributed by atoms with van der Waals surface area (Å²) in [6.45, 7) is 0.438. The second kappa shape index (κ2) is 6.20. The molecule has 1 amide bonds. The van der Waals surface area contributed by atoms with Crippen LogP contribution in [0.2, 0.25) is 0 Å². The van der Waals surface area contributed by atoms with Gasteiger partial charge in [-0.2, -0.15) is 0 Å². The second-order valence-electron chi connectivity index (χ2n) is 3.43. The Bertz CT molecular complexity index is 436. The molecular formula is C12H13NO3S. The summed E-state index contributed by atoms with van der Waals surface area (Å²) in [6, 6.07) is 7.37. The van der Waals surface area contributed by atoms with Crippen LogP contribution >= 0.6 is 11.8 Å². The van der Waals surface area contributed by atoms with Crippen molar-refractivity contribution in [2.45, 2.75) is 12.3 Å². The van der Waals surface area contributed by atoms with E-state index in [0.717, 1.165) is 11.5 Å². The first kappa shape index (κ1) is 11.9. The molecule has 0 unspecified atom stereocenters. The summed E-state index contributed by atoms with van der Waals surface area (Å²) in [6.07, 6.45) is 3.22. The molecule has 0 saturated heterocycles. The number of nitrogens with one attached hydrogen (secondary N) is 1. The number of carbonyl (C=O) groups excluding carboxylic acids is 1. The number of furan rings is 2. The van der Waals surface area contributed by atoms with Gasteiger partial charge in [0.05, 0.1) is 30.6 Å². The van der Waals surface area contributed by atoms with Gasteiger partial charge in [0.25, 0.3) is 0 Å². The molecule has 1 N–H and O–H groups in total. The topological polar surface area (TPSA) is 55.4 Å². The van der Waals surface area contributed by atoms with Gasteiger partial charge in [0.2, 0.25) is 5.91 Å². The van der Waals surface area contributed by atoms with E-state index in [2.05, 4.69) is 5.32 Å². The Labute approximate surface area is 103 Å². The van der Waals surface area contributed by atoms with Gasteiger partial charge in [-0.3, -0.25) is 4.79 Å². The van der Waals surface area contributed by atoms with Crippen LogP contribution in [0.1, 0.15) is 11.5 Å². The number of thioether (sulfide) groups is 1. The second-order valence-corrected chi connectivity index (χ2v) is 4.41. The van der Waals surface area contributed by atoms with Crippen LogP contribution < -0.4 is 5.32 Å². The Morgan fingerprint density at radius 2 is 1.88 bits per heavy atom. The van der Waals surface area contributed by atoms with Crippen LogP contribution in [-0.2, 0) is 17.1 Å². The predicted octanol–water partition coefficient (Wildman–Crippen LogP) is 2.42. The van der Waals surface area contributed by atoms with E-state index in [1.807, 2.05) is 18.2 Å². The van der Waals surface area contributed by atoms with Crippen molar-refractivity contribution in [3.63, 3.8) is 0 Å². The fraction of sp³-hybridized carbons (Fsp3) is 0.250. The third-order valence-electron chi connectivity index (χ3n) is 2.10. The molecule has 2 heterocycles. The minimum atomic E-state index is -0.00189. The molecule has 0 spiro atoms. The average molecular weight is 251 g/mol. The van der Waals surface area contributed by atoms with E-state index in [9.17, 15) is 4.79 Å². The van der Waals surface area contributed by atoms with E-state index in [1.165, 1.54) is 11.8 Å². The molecule has 4 nitrogen and oxygen atoms in total. The molecule has 2 rings (SSSR count). The molecule has 0 radical (unpaired) electrons. The molecule has 0 atom stereocenters. The molecule has 2 aromatic heterocycles. The van der Waals surface area contributed by atoms with Crippen molar-refractivity contribution in [2.75, 3.05) is 5.75 Å². The van der Waals surface area contributed by atoms with E-state index in [4.69, 9.17) is 8.83 Å². The Kier molecular flexibility index (Phi) is 4.32. The van der Waals surface area contributed by atoms with Gasteiger partial charge in [-0.15, -0.1) is 11.8 Å². The maximum atomic E-state index is 11.5. The van der Waals surface area contributed by atoms with E-state index in [1.54, 1.807) is 18.6 Å². The highest BCUT2D eigenvalue weighted by Crippen LogP contribution is 2.11. The molecular weight excluding hydrogens is 238 g/mol. The first-order valence-electron chi connectivity index (χ1n) is 5.24. The van der Waals surface area contributed by atoms with Crippen LogP contribution in [0.4, 0.5) is 0 Å². The maximum absolute atomic E-state index is 11.5. The smallest absolute Gasteiger partial charge is 0.230 e. The summed E-state index contributed by atoms with van der Waals surface area (Å²) < 4.78 is 10.3. The molecule has 17 heavy (non-hydrogen) atoms. The zero-order valence-corrected chi connectivity index (χ0v) is 10.0. The van der Waals surface area contributed by atoms with Crippen molar-refractivity contribution in [3.05, 3.63) is 48.3 Å². The third kappa shape index (κ3) is 4.03. The van der Waals surface area contributed by atoms with Gasteiger partial charge in [-0.05, 0) is 24.3 Å². The van der Waals surface area contributed by atoms with Crippen LogP contribution in [0.15, 0.2) is 45.6 Å². The van der Waals surface area contributed by atoms with E-state index in [-0.39, 0.29) is 5.91 Å². The van der Waals surface area contributed by atoms with E-state index < -0.39 is 0 Å². The molecule has 0 saturated carbocycles. The number of rotatable bonds is 6. The summed E-state index contributed by atoms with van der Waals surface area (Å²) in [7, 11) is 0. The SMILES string of the molecule is O=C(CSCc1ccco1)NCc1ccco1. The lowest BCUT2D eigenvalue weighted by atomic mass is 10.4. The Morgan fingerprint density at radius 1 is 1.18 bits per heavy atom. The van der Waals surface area contributed by atoms with Crippen molar-refractivity contribution in [1.82, 2.24) is 5.32 Å². The van der Waals surface area contributed by atoms with Gasteiger partial charge in [0.15, 0.2) is 0 Å². The highest BCUT2D eigenvalue weighted by Gasteiger charge is 2.04. The molecule has 0 aliphatic heterocycles. The predicted molar refractivity (Wildman–Crippen MR) is 65.4 cm³/mol. The van der Waals surface area contributed by atoms with Crippen molar-refractivity contribution in [3.8, 4) is 0 Å². The monoisotopic (exact) mass is 251 g/mol. The summed E-state index contributed by atoms with van der Waals surface area (Å²) in [5.74, 6) is 2.77. The quantitative estimate of drug-likeness (QED) is 0.856. The van der Waals surface area contributed by atoms with Crippen molar-refractivity contribution >= 4 is 17.7 Å². The zero-order chi connectivity index (χ0) is 11.9. The molecule has 0 aliphatic carbocycles. The lowest BCUT2D eigenvalue weighted by molar-refractivity contribution is -0.118. The Balaban J connectivity index is 1.61. The number of carbonyl (C=O) groups is 1. The molecule has 2 aromatic rings. The standard InChI is InChI=1S/C12H13NO3S/c14-12(13-7-10-3-1-5-15-10)9-17-8-11-4-2-6-16-11/h1-6H,7-9H2,(H,13,14). The summed E-state index contributed by atoms with van der Waals surface area (Å²) in [5, 5.41) is 2.78. The normalized spacial score (nSPS) is 10.4. The van der Waals surface area contributed by atoms with Crippen molar-refractivity contribution in [2.24, 2.45) is 0 Å². The number of hydrogen-bond donors (Lipinski definition) is 1. The fourth-order valence-electron chi connectivity index (χ4n) is 1.29. The molecule has 0 aliphatic rings. The summed E-state index contributed by atoms with van der Waals surface area (Å²) in [5.41, 5.74) is 0. The first-order chi connectivity index (χ1) is 8.34. The maximum Gasteiger partial charge on any atom is 0.230 e. The molecule has 0 aromatic carbocycles. The van der Waals surface area contributed by atoms with Crippen molar-refractivity contribution < 1.29 is 13.6 Å². The van der Waals surface area contributed by atoms with Gasteiger partial charge in [-0.25, -0.2) is 0 Å². The first-order valence-corrected chi connectivity index (χ1v) is 6.39. The Morgan fingerprint density at radius 3 is 2.53 bits per heavy atom. The van der Waals surface area contributed by atoms with Crippen molar-refractivity contribution in [1.29, 1.82) is 0 Å². The van der Waals surface area contributed by atoms with Crippen LogP contribution in [0.3, 0.4) is 0 Å². The van der Waals surface area contributed by atoms with Gasteiger partial charge >= 0.3 is 0 Å². The van der Waals surface area contributed by atoms with Crippen LogP contribution in [-0.4, -0.2) is 11.7 Å². The van der Waals surface area contributed by atoms with Gasteiger partial charge in [0, 0.05) is 0 Å². The van der Waals surface area contributed by atoms with Gasteiger partial charge < -0.3 is 14.2 Å². The average Bonchev–Trinajstić information content (AvgIpc) is 2.99. The number of amides is 1. The highest BCUT2D eigenvalue weighted by atomic mass is 32.2. The van der Waals surface area contributed by atoms with Gasteiger partial charge in [0.1, 0.15) is 11.5 Å². The largest absolute Gasteiger partial charge is 0.468 e. The third-order valence-corrected chi connectivity index (χ3v) is 3.05. The summed E-state index contributed by atoms with van der Waals surface area (Å²) >= 11 is 1.52. The zero-order valence-electron chi connectivity index (χ0n) is 9.22. The van der Waals surface area contributed by atoms with Gasteiger partial charge in [-0.1, -0.05) is 0 Å². The lowest BCUT2D eigenvalue weighted by Crippen LogP contribution is -2.24. The minimum Gasteiger partial charge on any atom is -0.468 e. The summed E-state index contributed by atoms with van der Waals surface area (Å²) in [4.78, 5) is 11.5. The minimum absolute atomic E-state index is 0.00189. The van der Waals surface area contributed by atoms with Crippen LogP contribution in [0, 0.1) is 0 Å². The van der Waals surface area contributed by atoms with E-state index >= 15 is 0 Å². The Hall–Kier alpha value is -1.62.